The smallest absolute Gasteiger partial charge is 0.279 e. The first-order chi connectivity index (χ1) is 9.27. The van der Waals surface area contributed by atoms with Crippen molar-refractivity contribution >= 4 is 22.5 Å². The number of hydrogen-bond donors (Lipinski definition) is 1. The Hall–Kier alpha value is -2.69. The van der Waals surface area contributed by atoms with Crippen LogP contribution >= 0.6 is 0 Å². The van der Waals surface area contributed by atoms with Crippen molar-refractivity contribution in [1.82, 2.24) is 15.2 Å². The third-order valence-corrected chi connectivity index (χ3v) is 3.02. The van der Waals surface area contributed by atoms with Gasteiger partial charge in [-0.15, -0.1) is 0 Å². The Morgan fingerprint density at radius 2 is 2.00 bits per heavy atom. The molecule has 1 aromatic carbocycles. The first-order valence-corrected chi connectivity index (χ1v) is 5.88. The summed E-state index contributed by atoms with van der Waals surface area (Å²) < 4.78 is 0. The number of hydrogen-bond acceptors (Lipinski definition) is 3. The van der Waals surface area contributed by atoms with E-state index in [0.717, 1.165) is 16.6 Å². The highest BCUT2D eigenvalue weighted by molar-refractivity contribution is 6.11. The van der Waals surface area contributed by atoms with Gasteiger partial charge in [0.05, 0.1) is 10.9 Å². The fraction of sp³-hybridized carbons (Fsp3) is 0.0714. The molecule has 0 unspecified atom stereocenters. The predicted octanol–water partition coefficient (Wildman–Crippen LogP) is 2.23. The molecule has 0 aliphatic carbocycles. The third kappa shape index (κ3) is 1.95. The van der Waals surface area contributed by atoms with Gasteiger partial charge in [-0.25, -0.2) is 0 Å². The maximum atomic E-state index is 12.4. The minimum absolute atomic E-state index is 0.162. The summed E-state index contributed by atoms with van der Waals surface area (Å²) in [5.74, 6) is -0.162. The molecular weight excluding hydrogens is 240 g/mol. The fourth-order valence-electron chi connectivity index (χ4n) is 1.95. The third-order valence-electron chi connectivity index (χ3n) is 3.02. The van der Waals surface area contributed by atoms with Crippen LogP contribution < -0.4 is 4.90 Å². The van der Waals surface area contributed by atoms with Crippen molar-refractivity contribution in [1.29, 1.82) is 0 Å². The Labute approximate surface area is 109 Å². The van der Waals surface area contributed by atoms with Gasteiger partial charge in [0.25, 0.3) is 5.91 Å². The molecule has 1 N–H and O–H groups in total. The van der Waals surface area contributed by atoms with E-state index in [-0.39, 0.29) is 5.91 Å². The molecule has 3 aromatic rings. The molecule has 1 amide bonds. The SMILES string of the molecule is CN(C(=O)c1n[nH]c2ccncc12)c1ccccc1. The number of carbonyl (C=O) groups is 1. The molecule has 0 saturated heterocycles. The van der Waals surface area contributed by atoms with Crippen LogP contribution in [-0.2, 0) is 0 Å². The van der Waals surface area contributed by atoms with Crippen molar-refractivity contribution in [2.75, 3.05) is 11.9 Å². The highest BCUT2D eigenvalue weighted by Crippen LogP contribution is 2.19. The summed E-state index contributed by atoms with van der Waals surface area (Å²) in [5, 5.41) is 7.66. The summed E-state index contributed by atoms with van der Waals surface area (Å²) in [7, 11) is 1.73. The van der Waals surface area contributed by atoms with Crippen molar-refractivity contribution < 1.29 is 4.79 Å². The zero-order valence-corrected chi connectivity index (χ0v) is 10.4. The average molecular weight is 252 g/mol. The first-order valence-electron chi connectivity index (χ1n) is 5.88. The predicted molar refractivity (Wildman–Crippen MR) is 73.1 cm³/mol. The van der Waals surface area contributed by atoms with Gasteiger partial charge in [0.1, 0.15) is 0 Å². The van der Waals surface area contributed by atoms with Gasteiger partial charge in [0.15, 0.2) is 5.69 Å². The quantitative estimate of drug-likeness (QED) is 0.760. The molecule has 19 heavy (non-hydrogen) atoms. The van der Waals surface area contributed by atoms with Gasteiger partial charge in [0, 0.05) is 25.1 Å². The van der Waals surface area contributed by atoms with Gasteiger partial charge in [0.2, 0.25) is 0 Å². The molecule has 0 aliphatic heterocycles. The van der Waals surface area contributed by atoms with E-state index in [4.69, 9.17) is 0 Å². The number of aromatic nitrogens is 3. The molecule has 0 spiro atoms. The number of H-pyrrole nitrogens is 1. The zero-order valence-electron chi connectivity index (χ0n) is 10.4. The number of carbonyl (C=O) groups excluding carboxylic acids is 1. The van der Waals surface area contributed by atoms with Gasteiger partial charge < -0.3 is 4.90 Å². The zero-order chi connectivity index (χ0) is 13.2. The summed E-state index contributed by atoms with van der Waals surface area (Å²) in [5.41, 5.74) is 2.02. The molecule has 2 heterocycles. The van der Waals surface area contributed by atoms with Gasteiger partial charge in [-0.1, -0.05) is 18.2 Å². The molecule has 5 nitrogen and oxygen atoms in total. The van der Waals surface area contributed by atoms with Gasteiger partial charge in [-0.2, -0.15) is 5.10 Å². The summed E-state index contributed by atoms with van der Waals surface area (Å²) >= 11 is 0. The number of nitrogens with zero attached hydrogens (tertiary/aromatic N) is 3. The van der Waals surface area contributed by atoms with Crippen LogP contribution in [0.1, 0.15) is 10.5 Å². The lowest BCUT2D eigenvalue weighted by Crippen LogP contribution is -2.26. The number of nitrogens with one attached hydrogen (secondary N) is 1. The molecule has 2 aromatic heterocycles. The monoisotopic (exact) mass is 252 g/mol. The Morgan fingerprint density at radius 3 is 2.79 bits per heavy atom. The van der Waals surface area contributed by atoms with E-state index in [1.807, 2.05) is 30.3 Å². The van der Waals surface area contributed by atoms with Crippen LogP contribution in [0.2, 0.25) is 0 Å². The standard InChI is InChI=1S/C14H12N4O/c1-18(10-5-3-2-4-6-10)14(19)13-11-9-15-8-7-12(11)16-17-13/h2-9H,1H3,(H,16,17). The highest BCUT2D eigenvalue weighted by atomic mass is 16.2. The Morgan fingerprint density at radius 1 is 1.21 bits per heavy atom. The minimum Gasteiger partial charge on any atom is -0.310 e. The number of amides is 1. The largest absolute Gasteiger partial charge is 0.310 e. The minimum atomic E-state index is -0.162. The lowest BCUT2D eigenvalue weighted by atomic mass is 10.2. The number of aromatic amines is 1. The summed E-state index contributed by atoms with van der Waals surface area (Å²) in [6.07, 6.45) is 3.31. The van der Waals surface area contributed by atoms with Crippen LogP contribution in [0.15, 0.2) is 48.8 Å². The van der Waals surface area contributed by atoms with Crippen molar-refractivity contribution in [3.63, 3.8) is 0 Å². The van der Waals surface area contributed by atoms with E-state index in [2.05, 4.69) is 15.2 Å². The van der Waals surface area contributed by atoms with E-state index in [9.17, 15) is 4.79 Å². The van der Waals surface area contributed by atoms with Crippen LogP contribution in [0.3, 0.4) is 0 Å². The first kappa shape index (κ1) is 11.4. The van der Waals surface area contributed by atoms with Crippen LogP contribution in [0, 0.1) is 0 Å². The fourth-order valence-corrected chi connectivity index (χ4v) is 1.95. The van der Waals surface area contributed by atoms with Gasteiger partial charge >= 0.3 is 0 Å². The Bertz CT molecular complexity index is 720. The number of para-hydroxylation sites is 1. The Kier molecular flexibility index (Phi) is 2.72. The van der Waals surface area contributed by atoms with E-state index >= 15 is 0 Å². The molecule has 0 saturated carbocycles. The molecule has 0 radical (unpaired) electrons. The summed E-state index contributed by atoms with van der Waals surface area (Å²) in [6, 6.07) is 11.2. The number of anilines is 1. The van der Waals surface area contributed by atoms with Crippen LogP contribution in [0.25, 0.3) is 10.9 Å². The Balaban J connectivity index is 2.00. The lowest BCUT2D eigenvalue weighted by molar-refractivity contribution is 0.0990. The van der Waals surface area contributed by atoms with Crippen molar-refractivity contribution in [3.8, 4) is 0 Å². The number of rotatable bonds is 2. The molecule has 0 bridgehead atoms. The molecule has 0 fully saturated rings. The number of pyridine rings is 1. The second kappa shape index (κ2) is 4.53. The molecule has 3 rings (SSSR count). The maximum Gasteiger partial charge on any atom is 0.279 e. The van der Waals surface area contributed by atoms with Crippen LogP contribution in [0.4, 0.5) is 5.69 Å². The second-order valence-electron chi connectivity index (χ2n) is 4.19. The molecular formula is C14H12N4O. The summed E-state index contributed by atoms with van der Waals surface area (Å²) in [4.78, 5) is 18.0. The second-order valence-corrected chi connectivity index (χ2v) is 4.19. The molecule has 5 heteroatoms. The van der Waals surface area contributed by atoms with Crippen molar-refractivity contribution in [2.45, 2.75) is 0 Å². The maximum absolute atomic E-state index is 12.4. The number of benzene rings is 1. The number of fused-ring (bicyclic) bond motifs is 1. The van der Waals surface area contributed by atoms with Gasteiger partial charge in [-0.05, 0) is 18.2 Å². The van der Waals surface area contributed by atoms with Crippen molar-refractivity contribution in [2.24, 2.45) is 0 Å². The van der Waals surface area contributed by atoms with E-state index in [1.165, 1.54) is 0 Å². The van der Waals surface area contributed by atoms with E-state index in [1.54, 1.807) is 30.4 Å². The molecule has 94 valence electrons. The lowest BCUT2D eigenvalue weighted by Gasteiger charge is -2.15. The average Bonchev–Trinajstić information content (AvgIpc) is 2.90. The van der Waals surface area contributed by atoms with E-state index < -0.39 is 0 Å². The van der Waals surface area contributed by atoms with Gasteiger partial charge in [-0.3, -0.25) is 14.9 Å². The van der Waals surface area contributed by atoms with Crippen LogP contribution in [0.5, 0.6) is 0 Å². The van der Waals surface area contributed by atoms with E-state index in [0.29, 0.717) is 5.69 Å². The molecule has 0 aliphatic rings. The van der Waals surface area contributed by atoms with Crippen LogP contribution in [-0.4, -0.2) is 28.1 Å². The van der Waals surface area contributed by atoms with Crippen molar-refractivity contribution in [3.05, 3.63) is 54.5 Å². The normalized spacial score (nSPS) is 10.6. The summed E-state index contributed by atoms with van der Waals surface area (Å²) in [6.45, 7) is 0. The molecule has 0 atom stereocenters. The highest BCUT2D eigenvalue weighted by Gasteiger charge is 2.19. The topological polar surface area (TPSA) is 61.9 Å².